The molecule has 0 aliphatic carbocycles. The van der Waals surface area contributed by atoms with Crippen LogP contribution < -0.4 is 0 Å². The average Bonchev–Trinajstić information content (AvgIpc) is 2.48. The van der Waals surface area contributed by atoms with Gasteiger partial charge >= 0.3 is 11.9 Å². The second-order valence-corrected chi connectivity index (χ2v) is 8.93. The van der Waals surface area contributed by atoms with Crippen LogP contribution in [0.2, 0.25) is 0 Å². The molecule has 0 saturated heterocycles. The van der Waals surface area contributed by atoms with Crippen molar-refractivity contribution < 1.29 is 19.1 Å². The van der Waals surface area contributed by atoms with Gasteiger partial charge in [-0.2, -0.15) is 0 Å². The van der Waals surface area contributed by atoms with Gasteiger partial charge < -0.3 is 9.47 Å². The summed E-state index contributed by atoms with van der Waals surface area (Å²) in [5, 5.41) is 0. The van der Waals surface area contributed by atoms with Crippen LogP contribution in [0.5, 0.6) is 0 Å². The minimum atomic E-state index is -0.548. The summed E-state index contributed by atoms with van der Waals surface area (Å²) in [4.78, 5) is 26.6. The van der Waals surface area contributed by atoms with Crippen molar-refractivity contribution in [2.75, 3.05) is 7.05 Å². The Labute approximate surface area is 164 Å². The van der Waals surface area contributed by atoms with Crippen molar-refractivity contribution in [2.24, 2.45) is 0 Å². The van der Waals surface area contributed by atoms with Gasteiger partial charge in [-0.3, -0.25) is 14.5 Å². The molecule has 0 aromatic heterocycles. The van der Waals surface area contributed by atoms with Crippen LogP contribution >= 0.6 is 0 Å². The minimum Gasteiger partial charge on any atom is -0.460 e. The maximum Gasteiger partial charge on any atom is 0.323 e. The number of nitrogens with zero attached hydrogens (tertiary/aromatic N) is 1. The molecule has 1 rings (SSSR count). The monoisotopic (exact) mass is 377 g/mol. The number of esters is 2. The van der Waals surface area contributed by atoms with Gasteiger partial charge in [-0.1, -0.05) is 30.3 Å². The number of likely N-dealkylation sites (N-methyl/N-ethyl adjacent to an activating group) is 1. The number of hydrogen-bond donors (Lipinski definition) is 0. The van der Waals surface area contributed by atoms with Crippen LogP contribution in [0, 0.1) is 0 Å². The van der Waals surface area contributed by atoms with Crippen LogP contribution in [0.25, 0.3) is 0 Å². The average molecular weight is 378 g/mol. The lowest BCUT2D eigenvalue weighted by Crippen LogP contribution is -2.42. The molecule has 5 heteroatoms. The van der Waals surface area contributed by atoms with E-state index < -0.39 is 17.2 Å². The van der Waals surface area contributed by atoms with Gasteiger partial charge in [-0.15, -0.1) is 0 Å². The molecule has 1 unspecified atom stereocenters. The van der Waals surface area contributed by atoms with Crippen molar-refractivity contribution in [1.29, 1.82) is 0 Å². The summed E-state index contributed by atoms with van der Waals surface area (Å²) < 4.78 is 10.9. The zero-order valence-electron chi connectivity index (χ0n) is 17.9. The molecule has 0 spiro atoms. The molecule has 0 radical (unpaired) electrons. The van der Waals surface area contributed by atoms with Crippen molar-refractivity contribution in [3.63, 3.8) is 0 Å². The molecule has 5 nitrogen and oxygen atoms in total. The summed E-state index contributed by atoms with van der Waals surface area (Å²) in [5.74, 6) is -0.499. The topological polar surface area (TPSA) is 55.8 Å². The van der Waals surface area contributed by atoms with Gasteiger partial charge in [0.2, 0.25) is 0 Å². The van der Waals surface area contributed by atoms with E-state index >= 15 is 0 Å². The lowest BCUT2D eigenvalue weighted by molar-refractivity contribution is -0.162. The van der Waals surface area contributed by atoms with E-state index in [-0.39, 0.29) is 18.4 Å². The second kappa shape index (κ2) is 9.88. The fourth-order valence-corrected chi connectivity index (χ4v) is 2.70. The summed E-state index contributed by atoms with van der Waals surface area (Å²) in [7, 11) is 1.91. The molecule has 0 N–H and O–H groups in total. The number of rotatable bonds is 8. The number of carbonyl (C=O) groups is 2. The molecule has 0 heterocycles. The molecule has 1 aromatic carbocycles. The molecule has 0 fully saturated rings. The first-order chi connectivity index (χ1) is 12.4. The Balaban J connectivity index is 2.72. The predicted octanol–water partition coefficient (Wildman–Crippen LogP) is 4.34. The first-order valence-electron chi connectivity index (χ1n) is 9.56. The highest BCUT2D eigenvalue weighted by atomic mass is 16.6. The van der Waals surface area contributed by atoms with Crippen LogP contribution in [0.4, 0.5) is 0 Å². The standard InChI is InChI=1S/C22H35NO4/c1-21(2,3)26-19(24)15-11-14-18(20(25)27-22(4,5)6)23(7)16-17-12-9-8-10-13-17/h8-10,12-13,18H,11,14-16H2,1-7H3. The first kappa shape index (κ1) is 23.2. The highest BCUT2D eigenvalue weighted by Crippen LogP contribution is 2.18. The summed E-state index contributed by atoms with van der Waals surface area (Å²) >= 11 is 0. The number of hydrogen-bond acceptors (Lipinski definition) is 5. The van der Waals surface area contributed by atoms with Crippen LogP contribution in [-0.4, -0.2) is 41.1 Å². The minimum absolute atomic E-state index is 0.240. The Bertz CT molecular complexity index is 599. The highest BCUT2D eigenvalue weighted by molar-refractivity contribution is 5.76. The fourth-order valence-electron chi connectivity index (χ4n) is 2.70. The maximum atomic E-state index is 12.7. The van der Waals surface area contributed by atoms with E-state index in [1.54, 1.807) is 0 Å². The lowest BCUT2D eigenvalue weighted by Gasteiger charge is -2.30. The maximum absolute atomic E-state index is 12.7. The molecule has 152 valence electrons. The van der Waals surface area contributed by atoms with Crippen LogP contribution in [0.3, 0.4) is 0 Å². The Morgan fingerprint density at radius 1 is 0.963 bits per heavy atom. The van der Waals surface area contributed by atoms with Gasteiger partial charge in [0.1, 0.15) is 17.2 Å². The third kappa shape index (κ3) is 10.1. The first-order valence-corrected chi connectivity index (χ1v) is 9.56. The Kier molecular flexibility index (Phi) is 8.48. The van der Waals surface area contributed by atoms with E-state index in [9.17, 15) is 9.59 Å². The van der Waals surface area contributed by atoms with Gasteiger partial charge in [-0.25, -0.2) is 0 Å². The highest BCUT2D eigenvalue weighted by Gasteiger charge is 2.28. The molecule has 1 aromatic rings. The summed E-state index contributed by atoms with van der Waals surface area (Å²) in [5.41, 5.74) is 0.0838. The smallest absolute Gasteiger partial charge is 0.323 e. The van der Waals surface area contributed by atoms with Gasteiger partial charge in [0.15, 0.2) is 0 Å². The largest absolute Gasteiger partial charge is 0.460 e. The van der Waals surface area contributed by atoms with Crippen molar-refractivity contribution >= 4 is 11.9 Å². The van der Waals surface area contributed by atoms with E-state index in [2.05, 4.69) is 0 Å². The molecule has 0 bridgehead atoms. The van der Waals surface area contributed by atoms with Gasteiger partial charge in [0, 0.05) is 13.0 Å². The number of benzene rings is 1. The lowest BCUT2D eigenvalue weighted by atomic mass is 10.1. The third-order valence-corrected chi connectivity index (χ3v) is 3.76. The third-order valence-electron chi connectivity index (χ3n) is 3.76. The molecule has 0 aliphatic heterocycles. The Hall–Kier alpha value is -1.88. The Morgan fingerprint density at radius 3 is 2.04 bits per heavy atom. The summed E-state index contributed by atoms with van der Waals surface area (Å²) in [6.45, 7) is 11.8. The zero-order chi connectivity index (χ0) is 20.7. The quantitative estimate of drug-likeness (QED) is 0.631. The van der Waals surface area contributed by atoms with Crippen LogP contribution in [-0.2, 0) is 25.6 Å². The molecule has 27 heavy (non-hydrogen) atoms. The van der Waals surface area contributed by atoms with Crippen molar-refractivity contribution in [2.45, 2.75) is 84.6 Å². The van der Waals surface area contributed by atoms with Crippen LogP contribution in [0.1, 0.15) is 66.4 Å². The van der Waals surface area contributed by atoms with E-state index in [4.69, 9.17) is 9.47 Å². The molecular weight excluding hydrogens is 342 g/mol. The molecule has 0 aliphatic rings. The summed E-state index contributed by atoms with van der Waals surface area (Å²) in [6, 6.07) is 9.58. The van der Waals surface area contributed by atoms with Gasteiger partial charge in [0.05, 0.1) is 0 Å². The normalized spacial score (nSPS) is 13.3. The molecule has 0 amide bonds. The SMILES string of the molecule is CN(Cc1ccccc1)C(CCCC(=O)OC(C)(C)C)C(=O)OC(C)(C)C. The van der Waals surface area contributed by atoms with E-state index in [1.165, 1.54) is 0 Å². The fraction of sp³-hybridized carbons (Fsp3) is 0.636. The van der Waals surface area contributed by atoms with E-state index in [1.807, 2.05) is 83.8 Å². The second-order valence-electron chi connectivity index (χ2n) is 8.93. The molecule has 1 atom stereocenters. The molecular formula is C22H35NO4. The number of ether oxygens (including phenoxy) is 2. The van der Waals surface area contributed by atoms with Gasteiger partial charge in [-0.05, 0) is 67.0 Å². The zero-order valence-corrected chi connectivity index (χ0v) is 17.9. The van der Waals surface area contributed by atoms with Crippen LogP contribution in [0.15, 0.2) is 30.3 Å². The van der Waals surface area contributed by atoms with E-state index in [0.717, 1.165) is 5.56 Å². The molecule has 0 saturated carbocycles. The van der Waals surface area contributed by atoms with Crippen molar-refractivity contribution in [3.8, 4) is 0 Å². The summed E-state index contributed by atoms with van der Waals surface area (Å²) in [6.07, 6.45) is 1.39. The van der Waals surface area contributed by atoms with E-state index in [0.29, 0.717) is 19.4 Å². The van der Waals surface area contributed by atoms with Crippen molar-refractivity contribution in [1.82, 2.24) is 4.90 Å². The number of carbonyl (C=O) groups excluding carboxylic acids is 2. The van der Waals surface area contributed by atoms with Gasteiger partial charge in [0.25, 0.3) is 0 Å². The van der Waals surface area contributed by atoms with Crippen molar-refractivity contribution in [3.05, 3.63) is 35.9 Å². The Morgan fingerprint density at radius 2 is 1.52 bits per heavy atom. The predicted molar refractivity (Wildman–Crippen MR) is 107 cm³/mol.